The van der Waals surface area contributed by atoms with Crippen LogP contribution >= 0.6 is 11.8 Å². The van der Waals surface area contributed by atoms with Gasteiger partial charge in [-0.25, -0.2) is 4.98 Å². The molecular weight excluding hydrogens is 294 g/mol. The molecule has 106 valence electrons. The van der Waals surface area contributed by atoms with E-state index >= 15 is 0 Å². The molecule has 9 heteroatoms. The molecule has 0 unspecified atom stereocenters. The SMILES string of the molecule is COc1ncnc(Sc2ccc([N+](=O)[O-])cc2C#N)c1N. The number of nitro benzene ring substituents is 1. The van der Waals surface area contributed by atoms with Crippen LogP contribution in [0, 0.1) is 21.4 Å². The van der Waals surface area contributed by atoms with E-state index < -0.39 is 4.92 Å². The quantitative estimate of drug-likeness (QED) is 0.516. The highest BCUT2D eigenvalue weighted by Crippen LogP contribution is 2.36. The monoisotopic (exact) mass is 303 g/mol. The maximum Gasteiger partial charge on any atom is 0.270 e. The first-order chi connectivity index (χ1) is 10.1. The van der Waals surface area contributed by atoms with Crippen LogP contribution in [0.2, 0.25) is 0 Å². The average Bonchev–Trinajstić information content (AvgIpc) is 2.49. The summed E-state index contributed by atoms with van der Waals surface area (Å²) >= 11 is 1.11. The Kier molecular flexibility index (Phi) is 4.20. The normalized spacial score (nSPS) is 9.90. The van der Waals surface area contributed by atoms with Crippen LogP contribution in [-0.4, -0.2) is 22.0 Å². The predicted octanol–water partition coefficient (Wildman–Crippen LogP) is 2.00. The van der Waals surface area contributed by atoms with Gasteiger partial charge in [0.05, 0.1) is 17.6 Å². The molecule has 0 aliphatic heterocycles. The molecule has 0 fully saturated rings. The van der Waals surface area contributed by atoms with Crippen LogP contribution in [0.3, 0.4) is 0 Å². The molecule has 2 aromatic rings. The summed E-state index contributed by atoms with van der Waals surface area (Å²) in [5.74, 6) is 0.230. The third-order valence-electron chi connectivity index (χ3n) is 2.51. The van der Waals surface area contributed by atoms with Gasteiger partial charge in [0.25, 0.3) is 5.69 Å². The van der Waals surface area contributed by atoms with Crippen LogP contribution in [0.4, 0.5) is 11.4 Å². The van der Waals surface area contributed by atoms with Crippen LogP contribution in [0.5, 0.6) is 5.88 Å². The second-order valence-electron chi connectivity index (χ2n) is 3.75. The molecule has 0 saturated heterocycles. The molecular formula is C12H9N5O3S. The van der Waals surface area contributed by atoms with Crippen molar-refractivity contribution in [2.24, 2.45) is 0 Å². The summed E-state index contributed by atoms with van der Waals surface area (Å²) in [5, 5.41) is 20.2. The Hall–Kier alpha value is -2.86. The summed E-state index contributed by atoms with van der Waals surface area (Å²) in [7, 11) is 1.43. The minimum atomic E-state index is -0.558. The number of nitriles is 1. The second kappa shape index (κ2) is 6.06. The minimum Gasteiger partial charge on any atom is -0.479 e. The smallest absolute Gasteiger partial charge is 0.270 e. The molecule has 0 aliphatic carbocycles. The molecule has 0 saturated carbocycles. The number of ether oxygens (including phenoxy) is 1. The fourth-order valence-corrected chi connectivity index (χ4v) is 2.38. The third kappa shape index (κ3) is 3.01. The Balaban J connectivity index is 2.41. The Labute approximate surface area is 123 Å². The number of benzene rings is 1. The Morgan fingerprint density at radius 1 is 1.48 bits per heavy atom. The first-order valence-electron chi connectivity index (χ1n) is 5.57. The van der Waals surface area contributed by atoms with Gasteiger partial charge in [-0.05, 0) is 6.07 Å². The van der Waals surface area contributed by atoms with Crippen molar-refractivity contribution in [3.05, 3.63) is 40.2 Å². The van der Waals surface area contributed by atoms with Crippen LogP contribution in [0.15, 0.2) is 34.4 Å². The van der Waals surface area contributed by atoms with Gasteiger partial charge in [-0.3, -0.25) is 10.1 Å². The molecule has 0 amide bonds. The number of nitrogen functional groups attached to an aromatic ring is 1. The molecule has 1 heterocycles. The number of nitro groups is 1. The largest absolute Gasteiger partial charge is 0.479 e. The van der Waals surface area contributed by atoms with Crippen molar-refractivity contribution in [1.29, 1.82) is 5.26 Å². The van der Waals surface area contributed by atoms with Gasteiger partial charge in [-0.2, -0.15) is 10.2 Å². The van der Waals surface area contributed by atoms with E-state index in [1.807, 2.05) is 6.07 Å². The van der Waals surface area contributed by atoms with Crippen molar-refractivity contribution in [3.63, 3.8) is 0 Å². The topological polar surface area (TPSA) is 128 Å². The average molecular weight is 303 g/mol. The van der Waals surface area contributed by atoms with Crippen molar-refractivity contribution in [2.45, 2.75) is 9.92 Å². The molecule has 0 bridgehead atoms. The molecule has 8 nitrogen and oxygen atoms in total. The maximum atomic E-state index is 10.7. The van der Waals surface area contributed by atoms with Crippen molar-refractivity contribution in [2.75, 3.05) is 12.8 Å². The Morgan fingerprint density at radius 2 is 2.24 bits per heavy atom. The number of hydrogen-bond donors (Lipinski definition) is 1. The number of anilines is 1. The predicted molar refractivity (Wildman–Crippen MR) is 74.9 cm³/mol. The van der Waals surface area contributed by atoms with Gasteiger partial charge in [-0.1, -0.05) is 11.8 Å². The van der Waals surface area contributed by atoms with Crippen molar-refractivity contribution in [1.82, 2.24) is 9.97 Å². The summed E-state index contributed by atoms with van der Waals surface area (Å²) in [5.41, 5.74) is 6.12. The van der Waals surface area contributed by atoms with Gasteiger partial charge < -0.3 is 10.5 Å². The second-order valence-corrected chi connectivity index (χ2v) is 4.78. The zero-order chi connectivity index (χ0) is 15.4. The van der Waals surface area contributed by atoms with Crippen molar-refractivity contribution in [3.8, 4) is 11.9 Å². The molecule has 0 radical (unpaired) electrons. The van der Waals surface area contributed by atoms with Crippen LogP contribution in [0.1, 0.15) is 5.56 Å². The third-order valence-corrected chi connectivity index (χ3v) is 3.60. The minimum absolute atomic E-state index is 0.149. The number of nitrogens with zero attached hydrogens (tertiary/aromatic N) is 4. The molecule has 0 atom stereocenters. The molecule has 2 N–H and O–H groups in total. The molecule has 2 rings (SSSR count). The van der Waals surface area contributed by atoms with Gasteiger partial charge in [0.1, 0.15) is 23.1 Å². The number of non-ortho nitro benzene ring substituents is 1. The van der Waals surface area contributed by atoms with E-state index in [2.05, 4.69) is 9.97 Å². The molecule has 0 aliphatic rings. The van der Waals surface area contributed by atoms with Crippen LogP contribution in [0.25, 0.3) is 0 Å². The van der Waals surface area contributed by atoms with Crippen molar-refractivity contribution < 1.29 is 9.66 Å². The van der Waals surface area contributed by atoms with Gasteiger partial charge in [0.15, 0.2) is 0 Å². The van der Waals surface area contributed by atoms with Gasteiger partial charge in [-0.15, -0.1) is 0 Å². The lowest BCUT2D eigenvalue weighted by Crippen LogP contribution is -1.99. The molecule has 0 spiro atoms. The maximum absolute atomic E-state index is 10.7. The Morgan fingerprint density at radius 3 is 2.86 bits per heavy atom. The van der Waals surface area contributed by atoms with E-state index in [4.69, 9.17) is 15.7 Å². The van der Waals surface area contributed by atoms with E-state index in [9.17, 15) is 10.1 Å². The molecule has 21 heavy (non-hydrogen) atoms. The van der Waals surface area contributed by atoms with E-state index in [-0.39, 0.29) is 22.8 Å². The number of aromatic nitrogens is 2. The first-order valence-corrected chi connectivity index (χ1v) is 6.39. The van der Waals surface area contributed by atoms with Gasteiger partial charge >= 0.3 is 0 Å². The van der Waals surface area contributed by atoms with E-state index in [1.54, 1.807) is 0 Å². The number of methoxy groups -OCH3 is 1. The zero-order valence-electron chi connectivity index (χ0n) is 10.8. The summed E-state index contributed by atoms with van der Waals surface area (Å²) in [6.07, 6.45) is 1.29. The lowest BCUT2D eigenvalue weighted by Gasteiger charge is -2.08. The van der Waals surface area contributed by atoms with Gasteiger partial charge in [0, 0.05) is 17.0 Å². The fourth-order valence-electron chi connectivity index (χ4n) is 1.52. The zero-order valence-corrected chi connectivity index (χ0v) is 11.6. The number of rotatable bonds is 4. The summed E-state index contributed by atoms with van der Waals surface area (Å²) in [6.45, 7) is 0. The van der Waals surface area contributed by atoms with Gasteiger partial charge in [0.2, 0.25) is 5.88 Å². The summed E-state index contributed by atoms with van der Waals surface area (Å²) < 4.78 is 4.99. The number of hydrogen-bond acceptors (Lipinski definition) is 8. The Bertz CT molecular complexity index is 744. The van der Waals surface area contributed by atoms with E-state index in [0.29, 0.717) is 9.92 Å². The summed E-state index contributed by atoms with van der Waals surface area (Å²) in [4.78, 5) is 18.5. The lowest BCUT2D eigenvalue weighted by atomic mass is 10.2. The highest BCUT2D eigenvalue weighted by Gasteiger charge is 2.15. The van der Waals surface area contributed by atoms with Crippen LogP contribution in [-0.2, 0) is 0 Å². The number of nitrogens with two attached hydrogens (primary N) is 1. The first kappa shape index (κ1) is 14.5. The fraction of sp³-hybridized carbons (Fsp3) is 0.0833. The summed E-state index contributed by atoms with van der Waals surface area (Å²) in [6, 6.07) is 5.92. The molecule has 1 aromatic carbocycles. The lowest BCUT2D eigenvalue weighted by molar-refractivity contribution is -0.384. The highest BCUT2D eigenvalue weighted by molar-refractivity contribution is 7.99. The highest BCUT2D eigenvalue weighted by atomic mass is 32.2. The van der Waals surface area contributed by atoms with Crippen molar-refractivity contribution >= 4 is 23.1 Å². The molecule has 1 aromatic heterocycles. The van der Waals surface area contributed by atoms with Crippen LogP contribution < -0.4 is 10.5 Å². The van der Waals surface area contributed by atoms with E-state index in [1.165, 1.54) is 31.6 Å². The standard InChI is InChI=1S/C12H9N5O3S/c1-20-11-10(14)12(16-6-15-11)21-9-3-2-8(17(18)19)4-7(9)5-13/h2-4,6H,14H2,1H3. The van der Waals surface area contributed by atoms with E-state index in [0.717, 1.165) is 11.8 Å².